The van der Waals surface area contributed by atoms with Gasteiger partial charge in [-0.3, -0.25) is 19.0 Å². The van der Waals surface area contributed by atoms with Crippen molar-refractivity contribution in [2.75, 3.05) is 6.54 Å². The molecule has 1 aromatic heterocycles. The number of hydrogen-bond donors (Lipinski definition) is 4. The first-order chi connectivity index (χ1) is 13.8. The number of aromatic hydroxyl groups is 1. The molecule has 0 unspecified atom stereocenters. The summed E-state index contributed by atoms with van der Waals surface area (Å²) >= 11 is 0. The van der Waals surface area contributed by atoms with Crippen molar-refractivity contribution in [2.24, 2.45) is 7.05 Å². The van der Waals surface area contributed by atoms with Crippen molar-refractivity contribution in [3.8, 4) is 5.75 Å². The predicted octanol–water partition coefficient (Wildman–Crippen LogP) is 0.0941. The van der Waals surface area contributed by atoms with E-state index in [0.29, 0.717) is 18.5 Å². The molecule has 29 heavy (non-hydrogen) atoms. The number of halogens is 1. The summed E-state index contributed by atoms with van der Waals surface area (Å²) in [7, 11) is 1.46. The zero-order valence-electron chi connectivity index (χ0n) is 16.0. The second-order valence-electron chi connectivity index (χ2n) is 6.93. The largest absolute Gasteiger partial charge is 0.501 e. The Kier molecular flexibility index (Phi) is 5.92. The van der Waals surface area contributed by atoms with Gasteiger partial charge < -0.3 is 21.1 Å². The summed E-state index contributed by atoms with van der Waals surface area (Å²) in [5.74, 6) is -1.73. The fourth-order valence-electron chi connectivity index (χ4n) is 3.27. The second-order valence-corrected chi connectivity index (χ2v) is 6.93. The van der Waals surface area contributed by atoms with E-state index in [0.717, 1.165) is 0 Å². The van der Waals surface area contributed by atoms with Crippen LogP contribution in [0.5, 0.6) is 5.75 Å². The van der Waals surface area contributed by atoms with E-state index in [2.05, 4.69) is 20.9 Å². The van der Waals surface area contributed by atoms with Crippen LogP contribution in [0.3, 0.4) is 0 Å². The van der Waals surface area contributed by atoms with Gasteiger partial charge in [-0.05, 0) is 24.1 Å². The van der Waals surface area contributed by atoms with E-state index in [1.54, 1.807) is 0 Å². The molecule has 1 saturated heterocycles. The molecule has 10 heteroatoms. The average molecular weight is 403 g/mol. The Morgan fingerprint density at radius 2 is 2.03 bits per heavy atom. The summed E-state index contributed by atoms with van der Waals surface area (Å²) in [4.78, 5) is 40.4. The molecule has 0 aliphatic carbocycles. The number of carbonyl (C=O) groups excluding carboxylic acids is 2. The topological polar surface area (TPSA) is 125 Å². The van der Waals surface area contributed by atoms with Crippen molar-refractivity contribution in [3.63, 3.8) is 0 Å². The molecule has 3 rings (SSSR count). The second kappa shape index (κ2) is 8.39. The number of nitrogens with one attached hydrogen (secondary N) is 3. The van der Waals surface area contributed by atoms with Crippen LogP contribution in [0, 0.1) is 5.82 Å². The SMILES string of the molecule is CC(=O)N[C@@H]1CN[C@H](c2nc(C(=O)NCc3ccc(F)cc3)c(O)c(=O)n2C)C1. The smallest absolute Gasteiger partial charge is 0.296 e. The highest BCUT2D eigenvalue weighted by molar-refractivity contribution is 5.94. The van der Waals surface area contributed by atoms with E-state index in [-0.39, 0.29) is 36.1 Å². The lowest BCUT2D eigenvalue weighted by atomic mass is 10.1. The van der Waals surface area contributed by atoms with Crippen LogP contribution in [-0.2, 0) is 18.4 Å². The van der Waals surface area contributed by atoms with Gasteiger partial charge in [0.05, 0.1) is 6.04 Å². The van der Waals surface area contributed by atoms with Gasteiger partial charge in [-0.2, -0.15) is 0 Å². The summed E-state index contributed by atoms with van der Waals surface area (Å²) in [6, 6.07) is 5.08. The van der Waals surface area contributed by atoms with Gasteiger partial charge in [0.15, 0.2) is 5.69 Å². The van der Waals surface area contributed by atoms with Gasteiger partial charge in [-0.25, -0.2) is 9.37 Å². The van der Waals surface area contributed by atoms with Gasteiger partial charge >= 0.3 is 0 Å². The lowest BCUT2D eigenvalue weighted by Gasteiger charge is -2.16. The zero-order valence-corrected chi connectivity index (χ0v) is 16.0. The molecule has 154 valence electrons. The Morgan fingerprint density at radius 1 is 1.34 bits per heavy atom. The van der Waals surface area contributed by atoms with Gasteiger partial charge in [0, 0.05) is 33.1 Å². The van der Waals surface area contributed by atoms with E-state index in [1.807, 2.05) is 0 Å². The van der Waals surface area contributed by atoms with Crippen molar-refractivity contribution in [3.05, 3.63) is 57.5 Å². The molecule has 2 aromatic rings. The summed E-state index contributed by atoms with van der Waals surface area (Å²) in [5, 5.41) is 18.7. The minimum atomic E-state index is -0.746. The lowest BCUT2D eigenvalue weighted by Crippen LogP contribution is -2.34. The van der Waals surface area contributed by atoms with Crippen molar-refractivity contribution in [1.29, 1.82) is 0 Å². The average Bonchev–Trinajstić information content (AvgIpc) is 3.13. The third kappa shape index (κ3) is 4.60. The number of carbonyl (C=O) groups is 2. The maximum Gasteiger partial charge on any atom is 0.296 e. The molecule has 1 aliphatic heterocycles. The molecule has 1 aliphatic rings. The van der Waals surface area contributed by atoms with E-state index in [4.69, 9.17) is 0 Å². The molecule has 0 radical (unpaired) electrons. The Labute approximate surface area is 166 Å². The fourth-order valence-corrected chi connectivity index (χ4v) is 3.27. The third-order valence-electron chi connectivity index (χ3n) is 4.73. The number of benzene rings is 1. The van der Waals surface area contributed by atoms with Crippen LogP contribution >= 0.6 is 0 Å². The van der Waals surface area contributed by atoms with E-state index >= 15 is 0 Å². The van der Waals surface area contributed by atoms with Crippen LogP contribution in [-0.4, -0.2) is 39.1 Å². The van der Waals surface area contributed by atoms with Crippen LogP contribution in [0.4, 0.5) is 4.39 Å². The first kappa shape index (κ1) is 20.5. The van der Waals surface area contributed by atoms with Crippen molar-refractivity contribution in [2.45, 2.75) is 32.0 Å². The normalized spacial score (nSPS) is 18.4. The highest BCUT2D eigenvalue weighted by Gasteiger charge is 2.30. The number of rotatable bonds is 5. The quantitative estimate of drug-likeness (QED) is 0.561. The lowest BCUT2D eigenvalue weighted by molar-refractivity contribution is -0.119. The van der Waals surface area contributed by atoms with Crippen molar-refractivity contribution < 1.29 is 19.1 Å². The van der Waals surface area contributed by atoms with Gasteiger partial charge in [0.2, 0.25) is 11.7 Å². The van der Waals surface area contributed by atoms with Crippen molar-refractivity contribution >= 4 is 11.8 Å². The van der Waals surface area contributed by atoms with Gasteiger partial charge in [-0.15, -0.1) is 0 Å². The summed E-state index contributed by atoms with van der Waals surface area (Å²) in [6.07, 6.45) is 0.487. The molecule has 9 nitrogen and oxygen atoms in total. The van der Waals surface area contributed by atoms with E-state index in [9.17, 15) is 23.9 Å². The Bertz CT molecular complexity index is 989. The molecule has 4 N–H and O–H groups in total. The molecule has 0 saturated carbocycles. The molecule has 1 fully saturated rings. The monoisotopic (exact) mass is 403 g/mol. The molecular formula is C19H22FN5O4. The standard InChI is InChI=1S/C19H22FN5O4/c1-10(26)23-13-7-14(21-9-13)17-24-15(16(27)19(29)25(17)2)18(28)22-8-11-3-5-12(20)6-4-11/h3-6,13-14,21,27H,7-9H2,1-2H3,(H,22,28)(H,23,26)/t13-,14-/m0/s1. The van der Waals surface area contributed by atoms with Crippen molar-refractivity contribution in [1.82, 2.24) is 25.5 Å². The maximum absolute atomic E-state index is 13.0. The number of hydrogen-bond acceptors (Lipinski definition) is 6. The minimum Gasteiger partial charge on any atom is -0.501 e. The van der Waals surface area contributed by atoms with Gasteiger partial charge in [-0.1, -0.05) is 12.1 Å². The maximum atomic E-state index is 13.0. The molecule has 2 heterocycles. The first-order valence-corrected chi connectivity index (χ1v) is 9.09. The van der Waals surface area contributed by atoms with Crippen LogP contribution in [0.2, 0.25) is 0 Å². The molecule has 2 atom stereocenters. The van der Waals surface area contributed by atoms with Gasteiger partial charge in [0.25, 0.3) is 11.5 Å². The number of aromatic nitrogens is 2. The number of nitrogens with zero attached hydrogens (tertiary/aromatic N) is 2. The van der Waals surface area contributed by atoms with Gasteiger partial charge in [0.1, 0.15) is 11.6 Å². The highest BCUT2D eigenvalue weighted by Crippen LogP contribution is 2.23. The van der Waals surface area contributed by atoms with E-state index in [1.165, 1.54) is 42.8 Å². The zero-order chi connectivity index (χ0) is 21.1. The molecule has 1 aromatic carbocycles. The fraction of sp³-hybridized carbons (Fsp3) is 0.368. The first-order valence-electron chi connectivity index (χ1n) is 9.09. The predicted molar refractivity (Wildman–Crippen MR) is 102 cm³/mol. The van der Waals surface area contributed by atoms with Crippen LogP contribution in [0.15, 0.2) is 29.1 Å². The van der Waals surface area contributed by atoms with Crippen LogP contribution in [0.25, 0.3) is 0 Å². The Hall–Kier alpha value is -3.27. The Morgan fingerprint density at radius 3 is 2.69 bits per heavy atom. The molecule has 0 spiro atoms. The van der Waals surface area contributed by atoms with Crippen LogP contribution in [0.1, 0.15) is 41.3 Å². The molecule has 0 bridgehead atoms. The molecule has 2 amide bonds. The summed E-state index contributed by atoms with van der Waals surface area (Å²) < 4.78 is 14.2. The molecular weight excluding hydrogens is 381 g/mol. The highest BCUT2D eigenvalue weighted by atomic mass is 19.1. The summed E-state index contributed by atoms with van der Waals surface area (Å²) in [5.41, 5.74) is -0.472. The van der Waals surface area contributed by atoms with Crippen LogP contribution < -0.4 is 21.5 Å². The number of amides is 2. The minimum absolute atomic E-state index is 0.0804. The summed E-state index contributed by atoms with van der Waals surface area (Å²) in [6.45, 7) is 2.00. The Balaban J connectivity index is 1.80. The van der Waals surface area contributed by atoms with E-state index < -0.39 is 23.0 Å². The third-order valence-corrected chi connectivity index (χ3v) is 4.73.